The molecule has 0 saturated carbocycles. The smallest absolute Gasteiger partial charge is 0.408 e. The first-order chi connectivity index (χ1) is 16.6. The number of aromatic nitrogens is 1. The third-order valence-electron chi connectivity index (χ3n) is 5.26. The van der Waals surface area contributed by atoms with Crippen LogP contribution in [0.5, 0.6) is 0 Å². The summed E-state index contributed by atoms with van der Waals surface area (Å²) in [6.07, 6.45) is 1.76. The van der Waals surface area contributed by atoms with Crippen molar-refractivity contribution in [1.29, 1.82) is 0 Å². The summed E-state index contributed by atoms with van der Waals surface area (Å²) in [6, 6.07) is 17.6. The van der Waals surface area contributed by atoms with Crippen LogP contribution in [0.2, 0.25) is 0 Å². The molecule has 2 unspecified atom stereocenters. The molecule has 7 nitrogen and oxygen atoms in total. The molecule has 0 aliphatic heterocycles. The van der Waals surface area contributed by atoms with Crippen molar-refractivity contribution in [1.82, 2.24) is 15.0 Å². The SMILES string of the molecule is NS(=O)NCCCCC(NC(=O)OCc1ccccc1)c1csc(-c2csc3ccccc23)n1. The minimum atomic E-state index is -1.52. The summed E-state index contributed by atoms with van der Waals surface area (Å²) < 4.78 is 20.4. The largest absolute Gasteiger partial charge is 0.445 e. The molecule has 0 aliphatic carbocycles. The van der Waals surface area contributed by atoms with Crippen LogP contribution >= 0.6 is 22.7 Å². The topological polar surface area (TPSA) is 106 Å². The van der Waals surface area contributed by atoms with Gasteiger partial charge in [0.25, 0.3) is 0 Å². The zero-order chi connectivity index (χ0) is 23.8. The Labute approximate surface area is 209 Å². The second-order valence-corrected chi connectivity index (χ2v) is 10.3. The third kappa shape index (κ3) is 6.71. The van der Waals surface area contributed by atoms with Crippen molar-refractivity contribution >= 4 is 50.0 Å². The summed E-state index contributed by atoms with van der Waals surface area (Å²) in [7, 11) is 0. The fourth-order valence-electron chi connectivity index (χ4n) is 3.56. The van der Waals surface area contributed by atoms with Gasteiger partial charge in [-0.25, -0.2) is 23.8 Å². The van der Waals surface area contributed by atoms with Gasteiger partial charge in [0.2, 0.25) is 0 Å². The molecule has 2 heterocycles. The quantitative estimate of drug-likeness (QED) is 0.236. The number of thiophene rings is 1. The lowest BCUT2D eigenvalue weighted by Crippen LogP contribution is -2.29. The number of unbranched alkanes of at least 4 members (excludes halogenated alkanes) is 1. The fraction of sp³-hybridized carbons (Fsp3) is 0.250. The highest BCUT2D eigenvalue weighted by atomic mass is 32.2. The van der Waals surface area contributed by atoms with Crippen LogP contribution in [0.4, 0.5) is 4.79 Å². The van der Waals surface area contributed by atoms with E-state index in [1.165, 1.54) is 10.1 Å². The molecule has 34 heavy (non-hydrogen) atoms. The molecule has 0 spiro atoms. The highest BCUT2D eigenvalue weighted by Gasteiger charge is 2.20. The van der Waals surface area contributed by atoms with Gasteiger partial charge in [0.15, 0.2) is 11.2 Å². The summed E-state index contributed by atoms with van der Waals surface area (Å²) in [5.74, 6) is 0. The molecule has 0 aliphatic rings. The summed E-state index contributed by atoms with van der Waals surface area (Å²) >= 11 is 1.75. The fourth-order valence-corrected chi connectivity index (χ4v) is 5.83. The molecule has 178 valence electrons. The highest BCUT2D eigenvalue weighted by molar-refractivity contribution is 7.80. The Morgan fingerprint density at radius 1 is 1.06 bits per heavy atom. The van der Waals surface area contributed by atoms with E-state index in [0.29, 0.717) is 13.0 Å². The van der Waals surface area contributed by atoms with Crippen LogP contribution in [0.15, 0.2) is 65.4 Å². The van der Waals surface area contributed by atoms with Crippen LogP contribution in [0, 0.1) is 0 Å². The Hall–Kier alpha value is -2.63. The van der Waals surface area contributed by atoms with Crippen molar-refractivity contribution in [2.24, 2.45) is 5.14 Å². The summed E-state index contributed by atoms with van der Waals surface area (Å²) in [4.78, 5) is 17.4. The van der Waals surface area contributed by atoms with Crippen molar-refractivity contribution in [2.45, 2.75) is 31.9 Å². The molecule has 4 N–H and O–H groups in total. The predicted molar refractivity (Wildman–Crippen MR) is 140 cm³/mol. The van der Waals surface area contributed by atoms with Gasteiger partial charge < -0.3 is 10.1 Å². The number of amides is 1. The average Bonchev–Trinajstić information content (AvgIpc) is 3.49. The molecule has 0 radical (unpaired) electrons. The third-order valence-corrected chi connectivity index (χ3v) is 7.61. The number of benzene rings is 2. The lowest BCUT2D eigenvalue weighted by atomic mass is 10.1. The first-order valence-corrected chi connectivity index (χ1v) is 13.9. The molecule has 4 aromatic rings. The predicted octanol–water partition coefficient (Wildman–Crippen LogP) is 5.29. The number of thiazole rings is 1. The molecular formula is C24H26N4O3S3. The van der Waals surface area contributed by atoms with Gasteiger partial charge in [0, 0.05) is 33.0 Å². The van der Waals surface area contributed by atoms with Gasteiger partial charge in [-0.3, -0.25) is 0 Å². The summed E-state index contributed by atoms with van der Waals surface area (Å²) in [5.41, 5.74) is 2.84. The van der Waals surface area contributed by atoms with Crippen molar-refractivity contribution in [2.75, 3.05) is 6.54 Å². The number of carbonyl (C=O) groups is 1. The maximum absolute atomic E-state index is 12.6. The first-order valence-electron chi connectivity index (χ1n) is 10.9. The van der Waals surface area contributed by atoms with E-state index in [-0.39, 0.29) is 12.6 Å². The average molecular weight is 515 g/mol. The minimum absolute atomic E-state index is 0.203. The van der Waals surface area contributed by atoms with E-state index in [1.807, 2.05) is 47.8 Å². The first kappa shape index (κ1) is 24.5. The Kier molecular flexibility index (Phi) is 8.78. The molecule has 2 aromatic heterocycles. The Morgan fingerprint density at radius 2 is 1.85 bits per heavy atom. The molecule has 2 atom stereocenters. The summed E-state index contributed by atoms with van der Waals surface area (Å²) in [6.45, 7) is 0.742. The minimum Gasteiger partial charge on any atom is -0.445 e. The number of nitrogens with one attached hydrogen (secondary N) is 2. The van der Waals surface area contributed by atoms with E-state index in [4.69, 9.17) is 14.9 Å². The van der Waals surface area contributed by atoms with Crippen molar-refractivity contribution < 1.29 is 13.7 Å². The molecule has 4 rings (SSSR count). The number of alkyl carbamates (subject to hydrolysis) is 1. The highest BCUT2D eigenvalue weighted by Crippen LogP contribution is 2.36. The number of rotatable bonds is 11. The molecule has 0 bridgehead atoms. The number of nitrogens with two attached hydrogens (primary N) is 1. The second kappa shape index (κ2) is 12.2. The molecule has 1 amide bonds. The van der Waals surface area contributed by atoms with E-state index in [1.54, 1.807) is 22.7 Å². The standard InChI is InChI=1S/C24H26N4O3S3/c25-34(30)26-13-7-6-11-20(28-24(29)31-14-17-8-2-1-3-9-17)21-16-33-23(27-21)19-15-32-22-12-5-4-10-18(19)22/h1-5,8-10,12,15-16,20,26H,6-7,11,13-14,25H2,(H,28,29). The molecule has 2 aromatic carbocycles. The summed E-state index contributed by atoms with van der Waals surface area (Å²) in [5, 5.41) is 14.5. The van der Waals surface area contributed by atoms with Crippen molar-refractivity contribution in [3.63, 3.8) is 0 Å². The lowest BCUT2D eigenvalue weighted by Gasteiger charge is -2.17. The monoisotopic (exact) mass is 514 g/mol. The second-order valence-electron chi connectivity index (χ2n) is 7.67. The van der Waals surface area contributed by atoms with E-state index >= 15 is 0 Å². The van der Waals surface area contributed by atoms with Gasteiger partial charge >= 0.3 is 6.09 Å². The van der Waals surface area contributed by atoms with Gasteiger partial charge in [-0.15, -0.1) is 22.7 Å². The van der Waals surface area contributed by atoms with Gasteiger partial charge in [-0.2, -0.15) is 0 Å². The van der Waals surface area contributed by atoms with Crippen LogP contribution in [-0.4, -0.2) is 21.8 Å². The normalized spacial score (nSPS) is 13.0. The van der Waals surface area contributed by atoms with E-state index in [9.17, 15) is 9.00 Å². The van der Waals surface area contributed by atoms with Gasteiger partial charge in [0.1, 0.15) is 11.6 Å². The van der Waals surface area contributed by atoms with E-state index in [0.717, 1.165) is 34.7 Å². The van der Waals surface area contributed by atoms with E-state index in [2.05, 4.69) is 27.6 Å². The number of ether oxygens (including phenoxy) is 1. The number of fused-ring (bicyclic) bond motifs is 1. The Bertz CT molecular complexity index is 1240. The molecule has 0 fully saturated rings. The van der Waals surface area contributed by atoms with Gasteiger partial charge in [-0.05, 0) is 30.9 Å². The number of nitrogens with zero attached hydrogens (tertiary/aromatic N) is 1. The van der Waals surface area contributed by atoms with Crippen LogP contribution in [-0.2, 0) is 22.5 Å². The Balaban J connectivity index is 1.44. The number of carbonyl (C=O) groups excluding carboxylic acids is 1. The van der Waals surface area contributed by atoms with Gasteiger partial charge in [0.05, 0.1) is 11.7 Å². The van der Waals surface area contributed by atoms with Gasteiger partial charge in [-0.1, -0.05) is 48.5 Å². The maximum atomic E-state index is 12.6. The van der Waals surface area contributed by atoms with Crippen LogP contribution in [0.1, 0.15) is 36.6 Å². The van der Waals surface area contributed by atoms with Crippen LogP contribution in [0.25, 0.3) is 20.7 Å². The molecular weight excluding hydrogens is 488 g/mol. The Morgan fingerprint density at radius 3 is 2.68 bits per heavy atom. The zero-order valence-corrected chi connectivity index (χ0v) is 20.9. The van der Waals surface area contributed by atoms with Crippen LogP contribution in [0.3, 0.4) is 0 Å². The molecule has 0 saturated heterocycles. The van der Waals surface area contributed by atoms with Crippen molar-refractivity contribution in [3.05, 3.63) is 76.6 Å². The number of hydrogen-bond acceptors (Lipinski definition) is 6. The molecule has 10 heteroatoms. The maximum Gasteiger partial charge on any atom is 0.408 e. The van der Waals surface area contributed by atoms with E-state index < -0.39 is 17.3 Å². The lowest BCUT2D eigenvalue weighted by molar-refractivity contribution is 0.134. The number of hydrogen-bond donors (Lipinski definition) is 3. The van der Waals surface area contributed by atoms with Crippen molar-refractivity contribution in [3.8, 4) is 10.6 Å². The zero-order valence-electron chi connectivity index (χ0n) is 18.4. The van der Waals surface area contributed by atoms with Crippen LogP contribution < -0.4 is 15.2 Å².